The molecule has 1 aliphatic heterocycles. The van der Waals surface area contributed by atoms with Crippen molar-refractivity contribution in [3.63, 3.8) is 0 Å². The van der Waals surface area contributed by atoms with Crippen molar-refractivity contribution in [3.05, 3.63) is 77.5 Å². The van der Waals surface area contributed by atoms with Crippen LogP contribution in [0.3, 0.4) is 0 Å². The normalized spacial score (nSPS) is 16.9. The van der Waals surface area contributed by atoms with Gasteiger partial charge in [-0.3, -0.25) is 4.79 Å². The summed E-state index contributed by atoms with van der Waals surface area (Å²) >= 11 is 0. The number of Topliss-reactive ketones (excluding diaryl/α,β-unsaturated/α-hetero) is 1. The van der Waals surface area contributed by atoms with Crippen molar-refractivity contribution in [2.24, 2.45) is 28.2 Å². The van der Waals surface area contributed by atoms with Gasteiger partial charge < -0.3 is 16.4 Å². The topological polar surface area (TPSA) is 72.3 Å². The van der Waals surface area contributed by atoms with Crippen LogP contribution < -0.4 is 16.4 Å². The molecule has 0 aromatic heterocycles. The molecule has 0 unspecified atom stereocenters. The minimum absolute atomic E-state index is 0.0548. The third-order valence-corrected chi connectivity index (χ3v) is 7.16. The summed E-state index contributed by atoms with van der Waals surface area (Å²) in [6, 6.07) is 16.0. The highest BCUT2D eigenvalue weighted by Gasteiger charge is 2.47. The Hall–Kier alpha value is -3.01. The van der Waals surface area contributed by atoms with Crippen molar-refractivity contribution in [1.29, 1.82) is 0 Å². The van der Waals surface area contributed by atoms with Crippen molar-refractivity contribution in [2.45, 2.75) is 48.1 Å². The first kappa shape index (κ1) is 22.7. The number of carbonyl (C=O) groups is 1. The lowest BCUT2D eigenvalue weighted by Gasteiger charge is -2.47. The predicted octanol–water partition coefficient (Wildman–Crippen LogP) is 5.54. The van der Waals surface area contributed by atoms with Crippen molar-refractivity contribution in [1.82, 2.24) is 0 Å². The fraction of sp³-hybridized carbons (Fsp3) is 0.370. The van der Waals surface area contributed by atoms with Crippen LogP contribution in [-0.4, -0.2) is 5.78 Å². The SMILES string of the molecule is C=C(N1Cc2ccccc2/C(N)=C(/N)c2ccccc21)C(C)(C)C(C)(C)C(=O)C(C)C. The lowest BCUT2D eigenvalue weighted by molar-refractivity contribution is -0.135. The van der Waals surface area contributed by atoms with Gasteiger partial charge in [0.15, 0.2) is 0 Å². The van der Waals surface area contributed by atoms with Crippen molar-refractivity contribution < 1.29 is 4.79 Å². The molecule has 0 aliphatic carbocycles. The summed E-state index contributed by atoms with van der Waals surface area (Å²) in [7, 11) is 0. The quantitative estimate of drug-likeness (QED) is 0.670. The molecule has 0 fully saturated rings. The minimum Gasteiger partial charge on any atom is -0.397 e. The van der Waals surface area contributed by atoms with Gasteiger partial charge in [0.1, 0.15) is 5.78 Å². The Bertz CT molecular complexity index is 1060. The van der Waals surface area contributed by atoms with E-state index in [1.165, 1.54) is 0 Å². The van der Waals surface area contributed by atoms with Crippen molar-refractivity contribution >= 4 is 22.9 Å². The number of hydrogen-bond acceptors (Lipinski definition) is 4. The molecule has 164 valence electrons. The van der Waals surface area contributed by atoms with E-state index >= 15 is 0 Å². The number of ketones is 1. The molecule has 0 atom stereocenters. The number of fused-ring (bicyclic) bond motifs is 2. The van der Waals surface area contributed by atoms with Gasteiger partial charge in [0.2, 0.25) is 0 Å². The molecule has 2 aromatic carbocycles. The van der Waals surface area contributed by atoms with Gasteiger partial charge in [0.25, 0.3) is 0 Å². The molecule has 1 heterocycles. The standard InChI is InChI=1S/C27H35N3O/c1-17(2)25(31)27(6,7)26(4,5)18(3)30-16-19-12-8-9-13-20(19)23(28)24(29)21-14-10-11-15-22(21)30/h8-15,17H,3,16,28-29H2,1-2,4-7H3/b24-23-. The maximum absolute atomic E-state index is 13.2. The van der Waals surface area contributed by atoms with Gasteiger partial charge in [-0.15, -0.1) is 0 Å². The molecular weight excluding hydrogens is 382 g/mol. The maximum atomic E-state index is 13.2. The zero-order valence-electron chi connectivity index (χ0n) is 19.6. The van der Waals surface area contributed by atoms with E-state index in [1.807, 2.05) is 70.2 Å². The Balaban J connectivity index is 2.21. The Morgan fingerprint density at radius 3 is 2.03 bits per heavy atom. The van der Waals surface area contributed by atoms with E-state index in [4.69, 9.17) is 11.5 Å². The van der Waals surface area contributed by atoms with Crippen LogP contribution in [0.4, 0.5) is 5.69 Å². The zero-order chi connectivity index (χ0) is 23.1. The lowest BCUT2D eigenvalue weighted by Crippen LogP contribution is -2.47. The maximum Gasteiger partial charge on any atom is 0.141 e. The molecule has 4 N–H and O–H groups in total. The monoisotopic (exact) mass is 417 g/mol. The minimum atomic E-state index is -0.602. The van der Waals surface area contributed by atoms with Gasteiger partial charge in [0, 0.05) is 40.1 Å². The third kappa shape index (κ3) is 3.65. The Labute approximate surface area is 186 Å². The van der Waals surface area contributed by atoms with Crippen LogP contribution in [0.5, 0.6) is 0 Å². The molecule has 0 amide bonds. The van der Waals surface area contributed by atoms with Crippen LogP contribution in [0, 0.1) is 16.7 Å². The van der Waals surface area contributed by atoms with Gasteiger partial charge in [-0.1, -0.05) is 90.6 Å². The van der Waals surface area contributed by atoms with Crippen LogP contribution in [0.2, 0.25) is 0 Å². The number of hydrogen-bond donors (Lipinski definition) is 2. The second-order valence-electron chi connectivity index (χ2n) is 9.80. The Morgan fingerprint density at radius 2 is 1.42 bits per heavy atom. The fourth-order valence-electron chi connectivity index (χ4n) is 4.37. The molecule has 0 bridgehead atoms. The molecule has 3 rings (SSSR count). The third-order valence-electron chi connectivity index (χ3n) is 7.16. The molecule has 0 saturated heterocycles. The van der Waals surface area contributed by atoms with Gasteiger partial charge in [-0.2, -0.15) is 0 Å². The number of rotatable bonds is 5. The molecular formula is C27H35N3O. The smallest absolute Gasteiger partial charge is 0.141 e. The summed E-state index contributed by atoms with van der Waals surface area (Å²) in [5.41, 5.74) is 17.8. The highest BCUT2D eigenvalue weighted by atomic mass is 16.1. The number of anilines is 1. The largest absolute Gasteiger partial charge is 0.397 e. The first-order valence-electron chi connectivity index (χ1n) is 10.9. The summed E-state index contributed by atoms with van der Waals surface area (Å²) < 4.78 is 0. The molecule has 1 aliphatic rings. The Morgan fingerprint density at radius 1 is 0.903 bits per heavy atom. The first-order chi connectivity index (χ1) is 14.4. The fourth-order valence-corrected chi connectivity index (χ4v) is 4.37. The molecule has 4 heteroatoms. The number of carbonyl (C=O) groups excluding carboxylic acids is 1. The Kier molecular flexibility index (Phi) is 5.79. The van der Waals surface area contributed by atoms with E-state index in [2.05, 4.69) is 31.4 Å². The van der Waals surface area contributed by atoms with E-state index in [1.54, 1.807) is 0 Å². The van der Waals surface area contributed by atoms with E-state index in [-0.39, 0.29) is 11.7 Å². The second-order valence-corrected chi connectivity index (χ2v) is 9.80. The predicted molar refractivity (Wildman–Crippen MR) is 131 cm³/mol. The van der Waals surface area contributed by atoms with Crippen LogP contribution in [0.15, 0.2) is 60.8 Å². The average Bonchev–Trinajstić information content (AvgIpc) is 2.74. The first-order valence-corrected chi connectivity index (χ1v) is 10.9. The summed E-state index contributed by atoms with van der Waals surface area (Å²) in [6.45, 7) is 17.3. The van der Waals surface area contributed by atoms with Gasteiger partial charge >= 0.3 is 0 Å². The van der Waals surface area contributed by atoms with Gasteiger partial charge in [0.05, 0.1) is 17.1 Å². The van der Waals surface area contributed by atoms with E-state index in [9.17, 15) is 4.79 Å². The molecule has 2 aromatic rings. The van der Waals surface area contributed by atoms with E-state index in [0.29, 0.717) is 17.9 Å². The van der Waals surface area contributed by atoms with Crippen molar-refractivity contribution in [2.75, 3.05) is 4.90 Å². The van der Waals surface area contributed by atoms with E-state index < -0.39 is 10.8 Å². The van der Waals surface area contributed by atoms with Crippen LogP contribution in [-0.2, 0) is 11.3 Å². The summed E-state index contributed by atoms with van der Waals surface area (Å²) in [6.07, 6.45) is 0. The molecule has 31 heavy (non-hydrogen) atoms. The molecule has 0 spiro atoms. The summed E-state index contributed by atoms with van der Waals surface area (Å²) in [5, 5.41) is 0. The van der Waals surface area contributed by atoms with Gasteiger partial charge in [-0.25, -0.2) is 0 Å². The van der Waals surface area contributed by atoms with Crippen LogP contribution in [0.25, 0.3) is 11.4 Å². The number of para-hydroxylation sites is 1. The second kappa shape index (κ2) is 7.92. The highest BCUT2D eigenvalue weighted by molar-refractivity contribution is 5.94. The number of benzene rings is 2. The number of nitrogens with two attached hydrogens (primary N) is 2. The van der Waals surface area contributed by atoms with E-state index in [0.717, 1.165) is 28.1 Å². The molecule has 0 saturated carbocycles. The molecule has 0 radical (unpaired) electrons. The summed E-state index contributed by atoms with van der Waals surface area (Å²) in [4.78, 5) is 15.4. The number of nitrogens with zero attached hydrogens (tertiary/aromatic N) is 1. The van der Waals surface area contributed by atoms with Crippen LogP contribution in [0.1, 0.15) is 58.2 Å². The molecule has 4 nitrogen and oxygen atoms in total. The van der Waals surface area contributed by atoms with Crippen LogP contribution >= 0.6 is 0 Å². The van der Waals surface area contributed by atoms with Gasteiger partial charge in [-0.05, 0) is 11.6 Å². The van der Waals surface area contributed by atoms with Crippen molar-refractivity contribution in [3.8, 4) is 0 Å². The lowest BCUT2D eigenvalue weighted by atomic mass is 9.61. The zero-order valence-corrected chi connectivity index (χ0v) is 19.6. The highest BCUT2D eigenvalue weighted by Crippen LogP contribution is 2.49. The average molecular weight is 418 g/mol. The summed E-state index contributed by atoms with van der Waals surface area (Å²) in [5.74, 6) is 0.170. The number of allylic oxidation sites excluding steroid dienone is 1.